The first-order valence-corrected chi connectivity index (χ1v) is 5.61. The van der Waals surface area contributed by atoms with Crippen molar-refractivity contribution in [2.45, 2.75) is 12.8 Å². The standard InChI is InChI=1S/C10H23N3O2/c1-11-8-12(4-2-6-14)10-13(9-11)5-3-7-15/h14-15H,2-10H2,1H3. The second-order valence-corrected chi connectivity index (χ2v) is 4.22. The van der Waals surface area contributed by atoms with Crippen LogP contribution in [0.5, 0.6) is 0 Å². The molecule has 5 nitrogen and oxygen atoms in total. The van der Waals surface area contributed by atoms with Crippen LogP contribution >= 0.6 is 0 Å². The van der Waals surface area contributed by atoms with Gasteiger partial charge in [-0.15, -0.1) is 0 Å². The molecule has 5 heteroatoms. The first kappa shape index (κ1) is 12.9. The van der Waals surface area contributed by atoms with Gasteiger partial charge in [-0.25, -0.2) is 0 Å². The number of hydrogen-bond acceptors (Lipinski definition) is 5. The molecule has 15 heavy (non-hydrogen) atoms. The monoisotopic (exact) mass is 217 g/mol. The third kappa shape index (κ3) is 4.90. The van der Waals surface area contributed by atoms with Crippen molar-refractivity contribution in [2.24, 2.45) is 0 Å². The number of nitrogens with zero attached hydrogens (tertiary/aromatic N) is 3. The Kier molecular flexibility index (Phi) is 6.12. The summed E-state index contributed by atoms with van der Waals surface area (Å²) in [7, 11) is 2.09. The van der Waals surface area contributed by atoms with E-state index in [1.807, 2.05) is 0 Å². The minimum Gasteiger partial charge on any atom is -0.396 e. The Morgan fingerprint density at radius 2 is 1.33 bits per heavy atom. The lowest BCUT2D eigenvalue weighted by Gasteiger charge is -2.40. The van der Waals surface area contributed by atoms with E-state index < -0.39 is 0 Å². The van der Waals surface area contributed by atoms with Crippen molar-refractivity contribution < 1.29 is 10.2 Å². The van der Waals surface area contributed by atoms with Gasteiger partial charge in [0.05, 0.1) is 20.0 Å². The van der Waals surface area contributed by atoms with Crippen LogP contribution in [-0.2, 0) is 0 Å². The zero-order valence-corrected chi connectivity index (χ0v) is 9.60. The fourth-order valence-corrected chi connectivity index (χ4v) is 1.97. The molecular weight excluding hydrogens is 194 g/mol. The summed E-state index contributed by atoms with van der Waals surface area (Å²) >= 11 is 0. The Bertz CT molecular complexity index is 153. The Hall–Kier alpha value is -0.200. The molecule has 0 aromatic heterocycles. The smallest absolute Gasteiger partial charge is 0.0530 e. The van der Waals surface area contributed by atoms with Crippen LogP contribution in [0.2, 0.25) is 0 Å². The van der Waals surface area contributed by atoms with Gasteiger partial charge in [0.1, 0.15) is 0 Å². The molecule has 0 aliphatic carbocycles. The van der Waals surface area contributed by atoms with E-state index in [0.717, 1.165) is 45.9 Å². The molecule has 1 aliphatic heterocycles. The quantitative estimate of drug-likeness (QED) is 0.608. The van der Waals surface area contributed by atoms with Gasteiger partial charge >= 0.3 is 0 Å². The molecule has 0 unspecified atom stereocenters. The first-order valence-electron chi connectivity index (χ1n) is 5.61. The van der Waals surface area contributed by atoms with Crippen LogP contribution in [0.25, 0.3) is 0 Å². The fraction of sp³-hybridized carbons (Fsp3) is 1.00. The summed E-state index contributed by atoms with van der Waals surface area (Å²) in [6, 6.07) is 0. The summed E-state index contributed by atoms with van der Waals surface area (Å²) in [6.07, 6.45) is 1.67. The maximum Gasteiger partial charge on any atom is 0.0530 e. The van der Waals surface area contributed by atoms with Crippen LogP contribution in [0.15, 0.2) is 0 Å². The lowest BCUT2D eigenvalue weighted by atomic mass is 10.3. The molecule has 0 aromatic carbocycles. The molecule has 2 N–H and O–H groups in total. The largest absolute Gasteiger partial charge is 0.396 e. The van der Waals surface area contributed by atoms with Crippen molar-refractivity contribution in [3.63, 3.8) is 0 Å². The highest BCUT2D eigenvalue weighted by molar-refractivity contribution is 4.67. The highest BCUT2D eigenvalue weighted by Gasteiger charge is 2.19. The van der Waals surface area contributed by atoms with Crippen LogP contribution in [0.3, 0.4) is 0 Å². The highest BCUT2D eigenvalue weighted by atomic mass is 16.3. The Morgan fingerprint density at radius 3 is 1.73 bits per heavy atom. The summed E-state index contributed by atoms with van der Waals surface area (Å²) in [5.41, 5.74) is 0. The second-order valence-electron chi connectivity index (χ2n) is 4.22. The zero-order valence-electron chi connectivity index (χ0n) is 9.60. The lowest BCUT2D eigenvalue weighted by molar-refractivity contribution is -0.0200. The van der Waals surface area contributed by atoms with Crippen LogP contribution < -0.4 is 0 Å². The molecule has 0 radical (unpaired) electrons. The topological polar surface area (TPSA) is 50.2 Å². The molecule has 0 atom stereocenters. The van der Waals surface area contributed by atoms with Crippen LogP contribution in [0, 0.1) is 0 Å². The van der Waals surface area contributed by atoms with Crippen molar-refractivity contribution in [1.29, 1.82) is 0 Å². The third-order valence-corrected chi connectivity index (χ3v) is 2.55. The molecule has 1 heterocycles. The zero-order chi connectivity index (χ0) is 11.1. The predicted octanol–water partition coefficient (Wildman–Crippen LogP) is -0.827. The molecule has 1 saturated heterocycles. The van der Waals surface area contributed by atoms with E-state index in [1.54, 1.807) is 0 Å². The summed E-state index contributed by atoms with van der Waals surface area (Å²) < 4.78 is 0. The summed E-state index contributed by atoms with van der Waals surface area (Å²) in [6.45, 7) is 5.29. The molecule has 1 fully saturated rings. The van der Waals surface area contributed by atoms with Gasteiger partial charge in [0, 0.05) is 26.3 Å². The fourth-order valence-electron chi connectivity index (χ4n) is 1.97. The summed E-state index contributed by atoms with van der Waals surface area (Å²) in [5, 5.41) is 17.6. The Balaban J connectivity index is 2.27. The van der Waals surface area contributed by atoms with Gasteiger partial charge in [-0.1, -0.05) is 0 Å². The highest BCUT2D eigenvalue weighted by Crippen LogP contribution is 2.06. The molecule has 0 amide bonds. The molecule has 90 valence electrons. The van der Waals surface area contributed by atoms with E-state index in [1.165, 1.54) is 0 Å². The molecule has 0 saturated carbocycles. The minimum atomic E-state index is 0.261. The normalized spacial score (nSPS) is 21.0. The second kappa shape index (κ2) is 7.14. The molecule has 0 bridgehead atoms. The van der Waals surface area contributed by atoms with Gasteiger partial charge in [-0.2, -0.15) is 0 Å². The van der Waals surface area contributed by atoms with Gasteiger partial charge in [-0.05, 0) is 19.9 Å². The van der Waals surface area contributed by atoms with Gasteiger partial charge in [-0.3, -0.25) is 14.7 Å². The molecule has 0 spiro atoms. The van der Waals surface area contributed by atoms with E-state index in [0.29, 0.717) is 0 Å². The van der Waals surface area contributed by atoms with Crippen molar-refractivity contribution in [2.75, 3.05) is 53.4 Å². The number of aliphatic hydroxyl groups excluding tert-OH is 2. The summed E-state index contributed by atoms with van der Waals surface area (Å²) in [5.74, 6) is 0. The van der Waals surface area contributed by atoms with Gasteiger partial charge in [0.15, 0.2) is 0 Å². The average molecular weight is 217 g/mol. The Morgan fingerprint density at radius 1 is 0.867 bits per heavy atom. The van der Waals surface area contributed by atoms with E-state index in [9.17, 15) is 0 Å². The van der Waals surface area contributed by atoms with Crippen LogP contribution in [0.1, 0.15) is 12.8 Å². The van der Waals surface area contributed by atoms with E-state index >= 15 is 0 Å². The number of aliphatic hydroxyl groups is 2. The Labute approximate surface area is 91.9 Å². The molecular formula is C10H23N3O2. The van der Waals surface area contributed by atoms with Crippen molar-refractivity contribution in [3.8, 4) is 0 Å². The first-order chi connectivity index (χ1) is 7.26. The van der Waals surface area contributed by atoms with Gasteiger partial charge < -0.3 is 10.2 Å². The molecule has 0 aromatic rings. The maximum absolute atomic E-state index is 8.78. The number of rotatable bonds is 6. The average Bonchev–Trinajstić information content (AvgIpc) is 2.23. The lowest BCUT2D eigenvalue weighted by Crippen LogP contribution is -2.53. The summed E-state index contributed by atoms with van der Waals surface area (Å²) in [4.78, 5) is 6.88. The van der Waals surface area contributed by atoms with Crippen LogP contribution in [0.4, 0.5) is 0 Å². The third-order valence-electron chi connectivity index (χ3n) is 2.55. The molecule has 1 aliphatic rings. The maximum atomic E-state index is 8.78. The van der Waals surface area contributed by atoms with E-state index in [4.69, 9.17) is 10.2 Å². The van der Waals surface area contributed by atoms with Gasteiger partial charge in [0.2, 0.25) is 0 Å². The van der Waals surface area contributed by atoms with Gasteiger partial charge in [0.25, 0.3) is 0 Å². The number of hydrogen-bond donors (Lipinski definition) is 2. The predicted molar refractivity (Wildman–Crippen MR) is 59.2 cm³/mol. The van der Waals surface area contributed by atoms with Crippen LogP contribution in [-0.4, -0.2) is 78.3 Å². The van der Waals surface area contributed by atoms with E-state index in [2.05, 4.69) is 21.7 Å². The van der Waals surface area contributed by atoms with Crippen molar-refractivity contribution >= 4 is 0 Å². The molecule has 1 rings (SSSR count). The van der Waals surface area contributed by atoms with E-state index in [-0.39, 0.29) is 13.2 Å². The van der Waals surface area contributed by atoms with Crippen molar-refractivity contribution in [1.82, 2.24) is 14.7 Å². The van der Waals surface area contributed by atoms with Crippen molar-refractivity contribution in [3.05, 3.63) is 0 Å². The minimum absolute atomic E-state index is 0.261. The SMILES string of the molecule is CN1CN(CCCO)CN(CCCO)C1.